The second-order valence-electron chi connectivity index (χ2n) is 9.98. The van der Waals surface area contributed by atoms with Gasteiger partial charge < -0.3 is 0 Å². The zero-order chi connectivity index (χ0) is 31.7. The zero-order valence-electron chi connectivity index (χ0n) is 27.5. The molecule has 0 amide bonds. The summed E-state index contributed by atoms with van der Waals surface area (Å²) >= 11 is 0. The predicted molar refractivity (Wildman–Crippen MR) is 173 cm³/mol. The van der Waals surface area contributed by atoms with Gasteiger partial charge in [-0.15, -0.1) is 0 Å². The summed E-state index contributed by atoms with van der Waals surface area (Å²) in [6.07, 6.45) is 0. The van der Waals surface area contributed by atoms with E-state index in [1.807, 2.05) is 30.3 Å². The van der Waals surface area contributed by atoms with Gasteiger partial charge >= 0.3 is 0 Å². The molecule has 0 bridgehead atoms. The van der Waals surface area contributed by atoms with Gasteiger partial charge in [-0.3, -0.25) is 0 Å². The van der Waals surface area contributed by atoms with Gasteiger partial charge in [0.15, 0.2) is 0 Å². The lowest BCUT2D eigenvalue weighted by atomic mass is 9.84. The molecule has 0 saturated heterocycles. The van der Waals surface area contributed by atoms with Crippen molar-refractivity contribution in [3.05, 3.63) is 158 Å². The van der Waals surface area contributed by atoms with Gasteiger partial charge in [-0.05, 0) is 82.5 Å². The van der Waals surface area contributed by atoms with Crippen LogP contribution in [0.3, 0.4) is 0 Å². The second-order valence-corrected chi connectivity index (χ2v) is 9.98. The van der Waals surface area contributed by atoms with E-state index in [2.05, 4.69) is 48.5 Å². The van der Waals surface area contributed by atoms with Crippen molar-refractivity contribution in [3.63, 3.8) is 0 Å². The van der Waals surface area contributed by atoms with Gasteiger partial charge in [0, 0.05) is 0 Å². The van der Waals surface area contributed by atoms with Crippen molar-refractivity contribution in [1.82, 2.24) is 0 Å². The molecule has 0 spiro atoms. The number of benzene rings is 8. The SMILES string of the molecule is [2H]c1cc([2H])c2c(-c3cccc4c(-c5ccc6ccccc6c5)cccc34)c3c([2H])cc([2H])cc3c(-c3c([2H])cccc3[2H])c2c1. The van der Waals surface area contributed by atoms with E-state index in [1.165, 1.54) is 17.5 Å². The van der Waals surface area contributed by atoms with Crippen molar-refractivity contribution in [2.75, 3.05) is 0 Å². The maximum Gasteiger partial charge on any atom is 0.0629 e. The van der Waals surface area contributed by atoms with Crippen LogP contribution in [-0.4, -0.2) is 0 Å². The molecule has 0 radical (unpaired) electrons. The van der Waals surface area contributed by atoms with Gasteiger partial charge in [0.05, 0.1) is 8.22 Å². The van der Waals surface area contributed by atoms with Crippen LogP contribution in [0.2, 0.25) is 0 Å². The Morgan fingerprint density at radius 3 is 1.73 bits per heavy atom. The van der Waals surface area contributed by atoms with Gasteiger partial charge in [0.2, 0.25) is 0 Å². The molecule has 8 aromatic rings. The Kier molecular flexibility index (Phi) is 4.01. The molecule has 0 heteroatoms. The smallest absolute Gasteiger partial charge is 0.0622 e. The van der Waals surface area contributed by atoms with Crippen molar-refractivity contribution in [2.24, 2.45) is 0 Å². The number of hydrogen-bond acceptors (Lipinski definition) is 0. The van der Waals surface area contributed by atoms with Crippen molar-refractivity contribution >= 4 is 43.1 Å². The Bertz CT molecular complexity index is 2460. The van der Waals surface area contributed by atoms with Gasteiger partial charge in [0.25, 0.3) is 0 Å². The highest BCUT2D eigenvalue weighted by Gasteiger charge is 2.18. The van der Waals surface area contributed by atoms with Gasteiger partial charge in [-0.2, -0.15) is 0 Å². The fraction of sp³-hybridized carbons (Fsp3) is 0. The Morgan fingerprint density at radius 2 is 1.00 bits per heavy atom. The molecule has 0 saturated carbocycles. The fourth-order valence-corrected chi connectivity index (χ4v) is 6.03. The molecule has 0 nitrogen and oxygen atoms in total. The maximum atomic E-state index is 9.20. The maximum absolute atomic E-state index is 9.20. The third kappa shape index (κ3) is 3.54. The molecule has 0 aliphatic rings. The summed E-state index contributed by atoms with van der Waals surface area (Å²) < 4.78 is 53.1. The molecule has 0 heterocycles. The summed E-state index contributed by atoms with van der Waals surface area (Å²) in [5, 5.41) is 6.52. The quantitative estimate of drug-likeness (QED) is 0.207. The van der Waals surface area contributed by atoms with E-state index in [0.717, 1.165) is 32.8 Å². The lowest BCUT2D eigenvalue weighted by Gasteiger charge is -2.19. The van der Waals surface area contributed by atoms with Crippen LogP contribution in [0.25, 0.3) is 76.5 Å². The van der Waals surface area contributed by atoms with Gasteiger partial charge in [-0.1, -0.05) is 152 Å². The minimum Gasteiger partial charge on any atom is -0.0622 e. The van der Waals surface area contributed by atoms with E-state index in [9.17, 15) is 2.74 Å². The molecular weight excluding hydrogens is 480 g/mol. The Morgan fingerprint density at radius 1 is 0.350 bits per heavy atom. The van der Waals surface area contributed by atoms with Gasteiger partial charge in [0.1, 0.15) is 0 Å². The average molecular weight is 513 g/mol. The largest absolute Gasteiger partial charge is 0.0629 e. The molecule has 40 heavy (non-hydrogen) atoms. The highest BCUT2D eigenvalue weighted by Crippen LogP contribution is 2.46. The van der Waals surface area contributed by atoms with Gasteiger partial charge in [-0.25, -0.2) is 0 Å². The van der Waals surface area contributed by atoms with Crippen molar-refractivity contribution in [1.29, 1.82) is 0 Å². The first-order valence-electron chi connectivity index (χ1n) is 16.4. The summed E-state index contributed by atoms with van der Waals surface area (Å²) in [6.45, 7) is 0. The van der Waals surface area contributed by atoms with E-state index in [4.69, 9.17) is 5.48 Å². The van der Waals surface area contributed by atoms with Crippen molar-refractivity contribution in [2.45, 2.75) is 0 Å². The number of fused-ring (bicyclic) bond motifs is 4. The number of hydrogen-bond donors (Lipinski definition) is 0. The van der Waals surface area contributed by atoms with Crippen molar-refractivity contribution < 1.29 is 8.22 Å². The molecule has 0 atom stereocenters. The second kappa shape index (κ2) is 9.22. The highest BCUT2D eigenvalue weighted by atomic mass is 14.2. The first-order chi connectivity index (χ1) is 22.3. The van der Waals surface area contributed by atoms with Crippen LogP contribution in [0.15, 0.2) is 158 Å². The predicted octanol–water partition coefficient (Wildman–Crippen LogP) is 11.3. The van der Waals surface area contributed by atoms with E-state index in [1.54, 1.807) is 30.3 Å². The highest BCUT2D eigenvalue weighted by molar-refractivity contribution is 6.24. The van der Waals surface area contributed by atoms with Crippen LogP contribution in [0.1, 0.15) is 8.22 Å². The Hall–Kier alpha value is -5.20. The molecule has 8 aromatic carbocycles. The summed E-state index contributed by atoms with van der Waals surface area (Å²) in [4.78, 5) is 0. The molecule has 186 valence electrons. The van der Waals surface area contributed by atoms with E-state index >= 15 is 0 Å². The average Bonchev–Trinajstić information content (AvgIpc) is 3.04. The van der Waals surface area contributed by atoms with Crippen LogP contribution in [0.5, 0.6) is 0 Å². The Balaban J connectivity index is 1.54. The molecular formula is C40H26. The van der Waals surface area contributed by atoms with Crippen LogP contribution >= 0.6 is 0 Å². The summed E-state index contributed by atoms with van der Waals surface area (Å²) in [7, 11) is 0. The van der Waals surface area contributed by atoms with Crippen molar-refractivity contribution in [3.8, 4) is 33.4 Å². The minimum absolute atomic E-state index is 0.131. The lowest BCUT2D eigenvalue weighted by Crippen LogP contribution is -1.92. The van der Waals surface area contributed by atoms with Crippen LogP contribution < -0.4 is 0 Å². The zero-order valence-corrected chi connectivity index (χ0v) is 21.5. The fourth-order valence-electron chi connectivity index (χ4n) is 6.03. The molecule has 0 aromatic heterocycles. The molecule has 8 rings (SSSR count). The molecule has 0 aliphatic heterocycles. The molecule has 0 N–H and O–H groups in total. The van der Waals surface area contributed by atoms with E-state index in [0.29, 0.717) is 38.2 Å². The van der Waals surface area contributed by atoms with Crippen LogP contribution in [0.4, 0.5) is 0 Å². The standard InChI is InChI=1S/C40H26/c1-2-13-28(14-3-1)39-35-16-6-8-18-37(35)40(38-19-9-7-17-36(38)39)34-23-11-21-32-31(20-10-22-33(32)34)30-25-24-27-12-4-5-15-29(27)26-30/h1-26H/i6D,7D,13D,14D,18D,19D. The summed E-state index contributed by atoms with van der Waals surface area (Å²) in [5.41, 5.74) is 4.53. The third-order valence-electron chi connectivity index (χ3n) is 7.78. The first kappa shape index (κ1) is 17.4. The lowest BCUT2D eigenvalue weighted by molar-refractivity contribution is 1.65. The third-order valence-corrected chi connectivity index (χ3v) is 7.78. The van der Waals surface area contributed by atoms with E-state index in [-0.39, 0.29) is 36.3 Å². The Labute approximate surface area is 242 Å². The molecule has 0 aliphatic carbocycles. The number of rotatable bonds is 3. The normalized spacial score (nSPS) is 13.6. The summed E-state index contributed by atoms with van der Waals surface area (Å²) in [6, 6.07) is 39.2. The molecule has 0 fully saturated rings. The van der Waals surface area contributed by atoms with Crippen LogP contribution in [0, 0.1) is 0 Å². The topological polar surface area (TPSA) is 0 Å². The first-order valence-corrected chi connectivity index (χ1v) is 13.4. The van der Waals surface area contributed by atoms with E-state index < -0.39 is 0 Å². The molecule has 0 unspecified atom stereocenters. The monoisotopic (exact) mass is 512 g/mol. The minimum atomic E-state index is 0.131. The summed E-state index contributed by atoms with van der Waals surface area (Å²) in [5.74, 6) is 0. The van der Waals surface area contributed by atoms with Crippen LogP contribution in [-0.2, 0) is 0 Å².